The summed E-state index contributed by atoms with van der Waals surface area (Å²) in [4.78, 5) is 10.4. The fourth-order valence-corrected chi connectivity index (χ4v) is 1.91. The second-order valence-electron chi connectivity index (χ2n) is 4.09. The van der Waals surface area contributed by atoms with Crippen molar-refractivity contribution in [1.29, 1.82) is 0 Å². The summed E-state index contributed by atoms with van der Waals surface area (Å²) in [6, 6.07) is 7.73. The molecule has 2 aromatic rings. The quantitative estimate of drug-likeness (QED) is 0.902. The fourth-order valence-electron chi connectivity index (χ4n) is 1.91. The summed E-state index contributed by atoms with van der Waals surface area (Å²) in [6.07, 6.45) is 1.50. The molecule has 1 N–H and O–H groups in total. The monoisotopic (exact) mass is 274 g/mol. The van der Waals surface area contributed by atoms with Crippen LogP contribution in [-0.4, -0.2) is 38.3 Å². The summed E-state index contributed by atoms with van der Waals surface area (Å²) in [5.74, 6) is 2.71. The van der Waals surface area contributed by atoms with Crippen molar-refractivity contribution in [2.24, 2.45) is 0 Å². The molecule has 0 bridgehead atoms. The lowest BCUT2D eigenvalue weighted by Crippen LogP contribution is -2.14. The number of nitrogens with zero attached hydrogens (tertiary/aromatic N) is 3. The number of benzene rings is 1. The van der Waals surface area contributed by atoms with Gasteiger partial charge in [-0.15, -0.1) is 0 Å². The molecule has 2 rings (SSSR count). The average Bonchev–Trinajstić information content (AvgIpc) is 2.53. The summed E-state index contributed by atoms with van der Waals surface area (Å²) in [7, 11) is 6.95. The molecule has 6 nitrogen and oxygen atoms in total. The lowest BCUT2D eigenvalue weighted by atomic mass is 10.2. The van der Waals surface area contributed by atoms with Gasteiger partial charge in [0.05, 0.1) is 14.2 Å². The van der Waals surface area contributed by atoms with Crippen LogP contribution in [0.3, 0.4) is 0 Å². The van der Waals surface area contributed by atoms with Crippen molar-refractivity contribution in [2.45, 2.75) is 0 Å². The van der Waals surface area contributed by atoms with Gasteiger partial charge in [0.2, 0.25) is 5.75 Å². The van der Waals surface area contributed by atoms with E-state index in [-0.39, 0.29) is 0 Å². The summed E-state index contributed by atoms with van der Waals surface area (Å²) in [5.41, 5.74) is 0.948. The van der Waals surface area contributed by atoms with E-state index in [2.05, 4.69) is 15.3 Å². The maximum absolute atomic E-state index is 5.41. The minimum atomic E-state index is 0.598. The number of ether oxygens (including phenoxy) is 2. The molecule has 0 saturated carbocycles. The van der Waals surface area contributed by atoms with Crippen molar-refractivity contribution in [3.8, 4) is 11.5 Å². The molecule has 0 atom stereocenters. The summed E-state index contributed by atoms with van der Waals surface area (Å²) < 4.78 is 10.6. The Labute approximate surface area is 118 Å². The SMILES string of the molecule is CNc1ncnc(N(C)c2cccc(OC)c2)c1OC. The average molecular weight is 274 g/mol. The van der Waals surface area contributed by atoms with Gasteiger partial charge in [-0.1, -0.05) is 6.07 Å². The van der Waals surface area contributed by atoms with E-state index in [9.17, 15) is 0 Å². The van der Waals surface area contributed by atoms with E-state index in [1.807, 2.05) is 36.2 Å². The summed E-state index contributed by atoms with van der Waals surface area (Å²) >= 11 is 0. The van der Waals surface area contributed by atoms with E-state index in [0.29, 0.717) is 17.4 Å². The molecule has 0 amide bonds. The van der Waals surface area contributed by atoms with E-state index in [0.717, 1.165) is 11.4 Å². The summed E-state index contributed by atoms with van der Waals surface area (Å²) in [6.45, 7) is 0. The molecule has 1 aromatic heterocycles. The second-order valence-corrected chi connectivity index (χ2v) is 4.09. The zero-order chi connectivity index (χ0) is 14.5. The van der Waals surface area contributed by atoms with Crippen LogP contribution in [0, 0.1) is 0 Å². The second kappa shape index (κ2) is 6.10. The molecule has 0 aliphatic rings. The first kappa shape index (κ1) is 13.9. The summed E-state index contributed by atoms with van der Waals surface area (Å²) in [5, 5.41) is 2.99. The number of nitrogens with one attached hydrogen (secondary N) is 1. The Kier molecular flexibility index (Phi) is 4.24. The molecule has 0 aliphatic carbocycles. The largest absolute Gasteiger partial charge is 0.497 e. The number of methoxy groups -OCH3 is 2. The van der Waals surface area contributed by atoms with E-state index >= 15 is 0 Å². The van der Waals surface area contributed by atoms with Crippen molar-refractivity contribution in [3.05, 3.63) is 30.6 Å². The Hall–Kier alpha value is -2.50. The normalized spacial score (nSPS) is 10.0. The molecule has 6 heteroatoms. The van der Waals surface area contributed by atoms with Gasteiger partial charge in [-0.3, -0.25) is 0 Å². The van der Waals surface area contributed by atoms with E-state index in [4.69, 9.17) is 9.47 Å². The Bertz CT molecular complexity index is 589. The zero-order valence-corrected chi connectivity index (χ0v) is 12.0. The third-order valence-corrected chi connectivity index (χ3v) is 2.98. The van der Waals surface area contributed by atoms with Gasteiger partial charge in [-0.2, -0.15) is 0 Å². The third kappa shape index (κ3) is 2.59. The van der Waals surface area contributed by atoms with Crippen LogP contribution < -0.4 is 19.7 Å². The Balaban J connectivity index is 2.44. The molecular formula is C14H18N4O2. The van der Waals surface area contributed by atoms with E-state index < -0.39 is 0 Å². The lowest BCUT2D eigenvalue weighted by Gasteiger charge is -2.21. The number of aromatic nitrogens is 2. The van der Waals surface area contributed by atoms with Crippen LogP contribution in [0.5, 0.6) is 11.5 Å². The highest BCUT2D eigenvalue weighted by atomic mass is 16.5. The molecule has 1 aromatic carbocycles. The highest BCUT2D eigenvalue weighted by molar-refractivity contribution is 5.71. The smallest absolute Gasteiger partial charge is 0.204 e. The Morgan fingerprint density at radius 1 is 1.15 bits per heavy atom. The number of hydrogen-bond acceptors (Lipinski definition) is 6. The number of rotatable bonds is 5. The van der Waals surface area contributed by atoms with Gasteiger partial charge >= 0.3 is 0 Å². The first-order valence-electron chi connectivity index (χ1n) is 6.15. The first-order chi connectivity index (χ1) is 9.71. The molecule has 0 spiro atoms. The molecule has 1 heterocycles. The maximum atomic E-state index is 5.41. The van der Waals surface area contributed by atoms with Crippen LogP contribution in [0.4, 0.5) is 17.3 Å². The van der Waals surface area contributed by atoms with Crippen LogP contribution in [0.1, 0.15) is 0 Å². The van der Waals surface area contributed by atoms with E-state index in [1.54, 1.807) is 21.3 Å². The van der Waals surface area contributed by atoms with Gasteiger partial charge in [-0.25, -0.2) is 9.97 Å². The first-order valence-corrected chi connectivity index (χ1v) is 6.15. The molecule has 106 valence electrons. The van der Waals surface area contributed by atoms with Crippen molar-refractivity contribution in [3.63, 3.8) is 0 Å². The topological polar surface area (TPSA) is 59.5 Å². The molecule has 0 radical (unpaired) electrons. The van der Waals surface area contributed by atoms with Crippen LogP contribution in [0.2, 0.25) is 0 Å². The van der Waals surface area contributed by atoms with Crippen molar-refractivity contribution in [1.82, 2.24) is 9.97 Å². The molecule has 0 unspecified atom stereocenters. The predicted octanol–water partition coefficient (Wildman–Crippen LogP) is 2.30. The Morgan fingerprint density at radius 3 is 2.60 bits per heavy atom. The van der Waals surface area contributed by atoms with Crippen LogP contribution >= 0.6 is 0 Å². The van der Waals surface area contributed by atoms with Crippen molar-refractivity contribution < 1.29 is 9.47 Å². The van der Waals surface area contributed by atoms with Gasteiger partial charge in [0.25, 0.3) is 0 Å². The van der Waals surface area contributed by atoms with Crippen molar-refractivity contribution in [2.75, 3.05) is 38.5 Å². The number of anilines is 3. The van der Waals surface area contributed by atoms with Gasteiger partial charge < -0.3 is 19.7 Å². The van der Waals surface area contributed by atoms with Gasteiger partial charge in [-0.05, 0) is 12.1 Å². The van der Waals surface area contributed by atoms with Crippen molar-refractivity contribution >= 4 is 17.3 Å². The lowest BCUT2D eigenvalue weighted by molar-refractivity contribution is 0.413. The van der Waals surface area contributed by atoms with Crippen LogP contribution in [-0.2, 0) is 0 Å². The van der Waals surface area contributed by atoms with E-state index in [1.165, 1.54) is 6.33 Å². The maximum Gasteiger partial charge on any atom is 0.204 e. The molecule has 0 saturated heterocycles. The standard InChI is InChI=1S/C14H18N4O2/c1-15-13-12(20-4)14(17-9-16-13)18(2)10-6-5-7-11(8-10)19-3/h5-9H,1-4H3,(H,15,16,17). The third-order valence-electron chi connectivity index (χ3n) is 2.98. The molecular weight excluding hydrogens is 256 g/mol. The highest BCUT2D eigenvalue weighted by Gasteiger charge is 2.16. The minimum absolute atomic E-state index is 0.598. The fraction of sp³-hybridized carbons (Fsp3) is 0.286. The van der Waals surface area contributed by atoms with Gasteiger partial charge in [0, 0.05) is 25.8 Å². The highest BCUT2D eigenvalue weighted by Crippen LogP contribution is 2.35. The molecule has 0 aliphatic heterocycles. The van der Waals surface area contributed by atoms with Gasteiger partial charge in [0.15, 0.2) is 11.6 Å². The van der Waals surface area contributed by atoms with Gasteiger partial charge in [0.1, 0.15) is 12.1 Å². The molecule has 20 heavy (non-hydrogen) atoms. The van der Waals surface area contributed by atoms with Crippen LogP contribution in [0.25, 0.3) is 0 Å². The predicted molar refractivity (Wildman–Crippen MR) is 79.2 cm³/mol. The van der Waals surface area contributed by atoms with Crippen LogP contribution in [0.15, 0.2) is 30.6 Å². The minimum Gasteiger partial charge on any atom is -0.497 e. The molecule has 0 fully saturated rings. The number of hydrogen-bond donors (Lipinski definition) is 1. The Morgan fingerprint density at radius 2 is 1.95 bits per heavy atom. The zero-order valence-electron chi connectivity index (χ0n) is 12.0.